The van der Waals surface area contributed by atoms with Crippen molar-refractivity contribution >= 4 is 17.2 Å². The molecule has 0 saturated heterocycles. The van der Waals surface area contributed by atoms with Gasteiger partial charge in [-0.25, -0.2) is 15.0 Å². The van der Waals surface area contributed by atoms with Crippen molar-refractivity contribution in [2.75, 3.05) is 12.4 Å². The Balaban J connectivity index is 2.47. The molecule has 0 amide bonds. The second-order valence-electron chi connectivity index (χ2n) is 3.47. The molecule has 0 aliphatic carbocycles. The van der Waals surface area contributed by atoms with Crippen LogP contribution in [-0.2, 0) is 6.42 Å². The van der Waals surface area contributed by atoms with Crippen LogP contribution in [0.2, 0.25) is 0 Å². The van der Waals surface area contributed by atoms with E-state index in [1.807, 2.05) is 25.4 Å². The molecule has 4 nitrogen and oxygen atoms in total. The van der Waals surface area contributed by atoms with Gasteiger partial charge < -0.3 is 5.32 Å². The number of nitrogens with one attached hydrogen (secondary N) is 1. The molecule has 2 rings (SSSR count). The molecule has 0 spiro atoms. The minimum absolute atomic E-state index is 0.710. The molecule has 0 radical (unpaired) electrons. The van der Waals surface area contributed by atoms with E-state index in [1.165, 1.54) is 0 Å². The van der Waals surface area contributed by atoms with Crippen molar-refractivity contribution in [3.63, 3.8) is 0 Å². The van der Waals surface area contributed by atoms with Crippen LogP contribution >= 0.6 is 11.3 Å². The second kappa shape index (κ2) is 4.57. The lowest BCUT2D eigenvalue weighted by Gasteiger charge is -2.04. The lowest BCUT2D eigenvalue weighted by atomic mass is 10.3. The van der Waals surface area contributed by atoms with Crippen molar-refractivity contribution in [1.82, 2.24) is 15.0 Å². The fourth-order valence-corrected chi connectivity index (χ4v) is 2.09. The Morgan fingerprint density at radius 3 is 2.69 bits per heavy atom. The van der Waals surface area contributed by atoms with Crippen LogP contribution in [0.25, 0.3) is 10.8 Å². The molecule has 0 saturated carbocycles. The zero-order valence-corrected chi connectivity index (χ0v) is 10.4. The summed E-state index contributed by atoms with van der Waals surface area (Å²) >= 11 is 1.58. The Bertz CT molecular complexity index is 470. The fourth-order valence-electron chi connectivity index (χ4n) is 1.36. The van der Waals surface area contributed by atoms with E-state index in [-0.39, 0.29) is 0 Å². The third-order valence-corrected chi connectivity index (χ3v) is 3.16. The molecule has 16 heavy (non-hydrogen) atoms. The molecule has 2 aromatic rings. The van der Waals surface area contributed by atoms with Crippen LogP contribution in [-0.4, -0.2) is 22.0 Å². The van der Waals surface area contributed by atoms with Crippen LogP contribution in [0.5, 0.6) is 0 Å². The van der Waals surface area contributed by atoms with Gasteiger partial charge in [0.05, 0.1) is 0 Å². The van der Waals surface area contributed by atoms with E-state index < -0.39 is 0 Å². The number of rotatable bonds is 3. The molecule has 84 valence electrons. The van der Waals surface area contributed by atoms with Crippen LogP contribution in [0.3, 0.4) is 0 Å². The standard InChI is InChI=1S/C11H14N4S/c1-4-8-5-9(12-3)15-10(14-8)11-13-7(2)6-16-11/h5-6H,4H2,1-3H3,(H,12,14,15). The number of aryl methyl sites for hydroxylation is 2. The molecule has 0 fully saturated rings. The van der Waals surface area contributed by atoms with E-state index in [1.54, 1.807) is 11.3 Å². The van der Waals surface area contributed by atoms with Gasteiger partial charge in [-0.1, -0.05) is 6.92 Å². The van der Waals surface area contributed by atoms with E-state index in [4.69, 9.17) is 0 Å². The summed E-state index contributed by atoms with van der Waals surface area (Å²) in [6, 6.07) is 1.96. The highest BCUT2D eigenvalue weighted by atomic mass is 32.1. The number of nitrogens with zero attached hydrogens (tertiary/aromatic N) is 3. The minimum atomic E-state index is 0.710. The van der Waals surface area contributed by atoms with Crippen LogP contribution in [0.4, 0.5) is 5.82 Å². The van der Waals surface area contributed by atoms with Gasteiger partial charge in [0.1, 0.15) is 5.82 Å². The van der Waals surface area contributed by atoms with Gasteiger partial charge in [0.25, 0.3) is 0 Å². The van der Waals surface area contributed by atoms with E-state index in [9.17, 15) is 0 Å². The lowest BCUT2D eigenvalue weighted by Crippen LogP contribution is -2.00. The highest BCUT2D eigenvalue weighted by Gasteiger charge is 2.08. The van der Waals surface area contributed by atoms with Gasteiger partial charge >= 0.3 is 0 Å². The third kappa shape index (κ3) is 2.19. The summed E-state index contributed by atoms with van der Waals surface area (Å²) in [4.78, 5) is 13.3. The van der Waals surface area contributed by atoms with E-state index in [0.717, 1.165) is 28.6 Å². The topological polar surface area (TPSA) is 50.7 Å². The normalized spacial score (nSPS) is 10.4. The number of hydrogen-bond acceptors (Lipinski definition) is 5. The minimum Gasteiger partial charge on any atom is -0.373 e. The van der Waals surface area contributed by atoms with Crippen molar-refractivity contribution in [3.8, 4) is 10.8 Å². The number of anilines is 1. The molecule has 0 unspecified atom stereocenters. The predicted octanol–water partition coefficient (Wildman–Crippen LogP) is 2.51. The van der Waals surface area contributed by atoms with Crippen LogP contribution in [0, 0.1) is 6.92 Å². The van der Waals surface area contributed by atoms with E-state index in [0.29, 0.717) is 5.82 Å². The largest absolute Gasteiger partial charge is 0.373 e. The van der Waals surface area contributed by atoms with E-state index in [2.05, 4.69) is 27.2 Å². The molecule has 0 bridgehead atoms. The summed E-state index contributed by atoms with van der Waals surface area (Å²) in [5.41, 5.74) is 2.04. The molecule has 2 heterocycles. The molecule has 0 aliphatic rings. The quantitative estimate of drug-likeness (QED) is 0.886. The number of thiazole rings is 1. The van der Waals surface area contributed by atoms with Gasteiger partial charge in [0.15, 0.2) is 10.8 Å². The van der Waals surface area contributed by atoms with Gasteiger partial charge in [-0.05, 0) is 13.3 Å². The fraction of sp³-hybridized carbons (Fsp3) is 0.364. The average molecular weight is 234 g/mol. The zero-order chi connectivity index (χ0) is 11.5. The molecule has 5 heteroatoms. The maximum absolute atomic E-state index is 4.48. The van der Waals surface area contributed by atoms with E-state index >= 15 is 0 Å². The van der Waals surface area contributed by atoms with Crippen molar-refractivity contribution in [2.24, 2.45) is 0 Å². The SMILES string of the molecule is CCc1cc(NC)nc(-c2nc(C)cs2)n1. The smallest absolute Gasteiger partial charge is 0.190 e. The van der Waals surface area contributed by atoms with Crippen molar-refractivity contribution < 1.29 is 0 Å². The Labute approximate surface area is 98.8 Å². The van der Waals surface area contributed by atoms with Crippen molar-refractivity contribution in [1.29, 1.82) is 0 Å². The summed E-state index contributed by atoms with van der Waals surface area (Å²) < 4.78 is 0. The molecule has 0 aliphatic heterocycles. The molecule has 1 N–H and O–H groups in total. The maximum atomic E-state index is 4.48. The maximum Gasteiger partial charge on any atom is 0.190 e. The molecule has 0 atom stereocenters. The van der Waals surface area contributed by atoms with Gasteiger partial charge in [-0.15, -0.1) is 11.3 Å². The van der Waals surface area contributed by atoms with Gasteiger partial charge in [-0.2, -0.15) is 0 Å². The van der Waals surface area contributed by atoms with Crippen LogP contribution < -0.4 is 5.32 Å². The van der Waals surface area contributed by atoms with Crippen molar-refractivity contribution in [3.05, 3.63) is 22.8 Å². The molecular formula is C11H14N4S. The zero-order valence-electron chi connectivity index (χ0n) is 9.61. The second-order valence-corrected chi connectivity index (χ2v) is 4.32. The first-order valence-electron chi connectivity index (χ1n) is 5.21. The third-order valence-electron chi connectivity index (χ3n) is 2.21. The Hall–Kier alpha value is -1.49. The first-order chi connectivity index (χ1) is 7.72. The molecule has 2 aromatic heterocycles. The highest BCUT2D eigenvalue weighted by molar-refractivity contribution is 7.13. The molecule has 0 aromatic carbocycles. The Morgan fingerprint density at radius 2 is 2.12 bits per heavy atom. The monoisotopic (exact) mass is 234 g/mol. The lowest BCUT2D eigenvalue weighted by molar-refractivity contribution is 1.00. The van der Waals surface area contributed by atoms with Crippen LogP contribution in [0.15, 0.2) is 11.4 Å². The average Bonchev–Trinajstić information content (AvgIpc) is 2.75. The first-order valence-corrected chi connectivity index (χ1v) is 6.09. The summed E-state index contributed by atoms with van der Waals surface area (Å²) in [5.74, 6) is 1.55. The Kier molecular flexibility index (Phi) is 3.14. The number of hydrogen-bond donors (Lipinski definition) is 1. The van der Waals surface area contributed by atoms with Crippen molar-refractivity contribution in [2.45, 2.75) is 20.3 Å². The summed E-state index contributed by atoms with van der Waals surface area (Å²) in [6.07, 6.45) is 0.897. The number of aromatic nitrogens is 3. The summed E-state index contributed by atoms with van der Waals surface area (Å²) in [6.45, 7) is 4.06. The van der Waals surface area contributed by atoms with Gasteiger partial charge in [0.2, 0.25) is 0 Å². The van der Waals surface area contributed by atoms with Gasteiger partial charge in [0, 0.05) is 29.9 Å². The van der Waals surface area contributed by atoms with Crippen LogP contribution in [0.1, 0.15) is 18.3 Å². The predicted molar refractivity (Wildman–Crippen MR) is 66.8 cm³/mol. The molecular weight excluding hydrogens is 220 g/mol. The highest BCUT2D eigenvalue weighted by Crippen LogP contribution is 2.21. The first kappa shape index (κ1) is 11.0. The summed E-state index contributed by atoms with van der Waals surface area (Å²) in [7, 11) is 1.86. The summed E-state index contributed by atoms with van der Waals surface area (Å²) in [5, 5.41) is 5.93. The Morgan fingerprint density at radius 1 is 1.31 bits per heavy atom. The van der Waals surface area contributed by atoms with Gasteiger partial charge in [-0.3, -0.25) is 0 Å².